The van der Waals surface area contributed by atoms with Crippen molar-refractivity contribution in [1.29, 1.82) is 0 Å². The van der Waals surface area contributed by atoms with Crippen molar-refractivity contribution in [3.63, 3.8) is 0 Å². The van der Waals surface area contributed by atoms with Crippen LogP contribution in [0.2, 0.25) is 5.02 Å². The van der Waals surface area contributed by atoms with E-state index in [4.69, 9.17) is 26.4 Å². The van der Waals surface area contributed by atoms with Gasteiger partial charge in [0.2, 0.25) is 0 Å². The van der Waals surface area contributed by atoms with Gasteiger partial charge in [0.1, 0.15) is 5.01 Å². The van der Waals surface area contributed by atoms with Crippen LogP contribution in [0.5, 0.6) is 0 Å². The lowest BCUT2D eigenvalue weighted by atomic mass is 9.91. The molecule has 1 saturated heterocycles. The van der Waals surface area contributed by atoms with Gasteiger partial charge in [-0.2, -0.15) is 5.10 Å². The molecule has 0 spiro atoms. The third kappa shape index (κ3) is 6.26. The number of hydrogen-bond acceptors (Lipinski definition) is 6. The van der Waals surface area contributed by atoms with Crippen LogP contribution in [0.3, 0.4) is 0 Å². The number of piperidine rings is 1. The molecule has 0 bridgehead atoms. The molecule has 1 atom stereocenters. The summed E-state index contributed by atoms with van der Waals surface area (Å²) in [4.78, 5) is 20.4. The molecule has 0 saturated carbocycles. The minimum atomic E-state index is -1.15. The first-order valence-electron chi connectivity index (χ1n) is 15.6. The lowest BCUT2D eigenvalue weighted by molar-refractivity contribution is -0.160. The van der Waals surface area contributed by atoms with E-state index in [0.717, 1.165) is 68.9 Å². The van der Waals surface area contributed by atoms with E-state index in [1.165, 1.54) is 11.1 Å². The summed E-state index contributed by atoms with van der Waals surface area (Å²) in [6, 6.07) is 16.6. The van der Waals surface area contributed by atoms with E-state index in [0.29, 0.717) is 22.5 Å². The molecule has 6 rings (SSSR count). The van der Waals surface area contributed by atoms with E-state index in [2.05, 4.69) is 36.9 Å². The molecule has 0 amide bonds. The molecular weight excluding hydrogens is 604 g/mol. The van der Waals surface area contributed by atoms with Crippen LogP contribution < -0.4 is 0 Å². The highest BCUT2D eigenvalue weighted by molar-refractivity contribution is 7.22. The largest absolute Gasteiger partial charge is 0.479 e. The van der Waals surface area contributed by atoms with Crippen molar-refractivity contribution in [3.8, 4) is 21.7 Å². The Balaban J connectivity index is 1.50. The average molecular weight is 645 g/mol. The van der Waals surface area contributed by atoms with Gasteiger partial charge in [-0.15, -0.1) is 11.3 Å². The number of nitrogens with zero attached hydrogens (tertiary/aromatic N) is 4. The third-order valence-corrected chi connectivity index (χ3v) is 10.2. The lowest BCUT2D eigenvalue weighted by Crippen LogP contribution is -2.37. The van der Waals surface area contributed by atoms with E-state index in [1.807, 2.05) is 69.8 Å². The molecule has 236 valence electrons. The number of aliphatic carboxylic acids is 1. The van der Waals surface area contributed by atoms with Gasteiger partial charge in [0.25, 0.3) is 0 Å². The highest BCUT2D eigenvalue weighted by atomic mass is 35.5. The van der Waals surface area contributed by atoms with Crippen LogP contribution in [-0.2, 0) is 16.6 Å². The SMILES string of the molecule is Cc1cc2nc(-c3ccc4c(c3)c(C3CCN(C(C)C)CC3)nn4C)sc2c(-c2ccc(Cl)cc2)c1C(OC(C)(C)C)C(=O)O. The fraction of sp³-hybridized carbons (Fsp3) is 0.417. The summed E-state index contributed by atoms with van der Waals surface area (Å²) >= 11 is 7.85. The van der Waals surface area contributed by atoms with Gasteiger partial charge < -0.3 is 14.7 Å². The first-order valence-corrected chi connectivity index (χ1v) is 16.8. The number of carboxylic acids is 1. The van der Waals surface area contributed by atoms with E-state index in [9.17, 15) is 9.90 Å². The molecule has 9 heteroatoms. The number of carbonyl (C=O) groups is 1. The summed E-state index contributed by atoms with van der Waals surface area (Å²) in [6.07, 6.45) is 1.05. The Bertz CT molecular complexity index is 1880. The van der Waals surface area contributed by atoms with Crippen molar-refractivity contribution in [2.75, 3.05) is 13.1 Å². The molecule has 7 nitrogen and oxygen atoms in total. The van der Waals surface area contributed by atoms with E-state index in [-0.39, 0.29) is 0 Å². The summed E-state index contributed by atoms with van der Waals surface area (Å²) in [5.41, 5.74) is 6.63. The van der Waals surface area contributed by atoms with Crippen LogP contribution in [0.25, 0.3) is 42.8 Å². The topological polar surface area (TPSA) is 80.5 Å². The Morgan fingerprint density at radius 2 is 1.73 bits per heavy atom. The normalized spacial score (nSPS) is 15.8. The second kappa shape index (κ2) is 12.1. The monoisotopic (exact) mass is 644 g/mol. The summed E-state index contributed by atoms with van der Waals surface area (Å²) in [6.45, 7) is 14.3. The minimum absolute atomic E-state index is 0.423. The van der Waals surface area contributed by atoms with Gasteiger partial charge in [-0.1, -0.05) is 23.7 Å². The first-order chi connectivity index (χ1) is 21.3. The number of ether oxygens (including phenoxy) is 1. The smallest absolute Gasteiger partial charge is 0.337 e. The number of halogens is 1. The van der Waals surface area contributed by atoms with Gasteiger partial charge >= 0.3 is 5.97 Å². The summed E-state index contributed by atoms with van der Waals surface area (Å²) in [5.74, 6) is -0.604. The Kier molecular flexibility index (Phi) is 8.54. The second-order valence-corrected chi connectivity index (χ2v) is 14.9. The fourth-order valence-electron chi connectivity index (χ4n) is 6.58. The number of aromatic nitrogens is 3. The molecule has 5 aromatic rings. The zero-order valence-corrected chi connectivity index (χ0v) is 28.6. The zero-order valence-electron chi connectivity index (χ0n) is 27.0. The molecule has 45 heavy (non-hydrogen) atoms. The van der Waals surface area contributed by atoms with Crippen LogP contribution in [0, 0.1) is 6.92 Å². The van der Waals surface area contributed by atoms with Gasteiger partial charge in [0, 0.05) is 46.1 Å². The highest BCUT2D eigenvalue weighted by Gasteiger charge is 2.33. The van der Waals surface area contributed by atoms with Crippen molar-refractivity contribution in [2.45, 2.75) is 78.0 Å². The molecule has 2 aromatic heterocycles. The van der Waals surface area contributed by atoms with E-state index >= 15 is 0 Å². The van der Waals surface area contributed by atoms with Gasteiger partial charge in [0.05, 0.1) is 27.0 Å². The van der Waals surface area contributed by atoms with Crippen LogP contribution in [0.15, 0.2) is 48.5 Å². The quantitative estimate of drug-likeness (QED) is 0.190. The Labute approximate surface area is 273 Å². The molecule has 3 aromatic carbocycles. The zero-order chi connectivity index (χ0) is 32.2. The van der Waals surface area contributed by atoms with Crippen molar-refractivity contribution >= 4 is 50.0 Å². The van der Waals surface area contributed by atoms with Gasteiger partial charge in [-0.05, 0) is 115 Å². The van der Waals surface area contributed by atoms with Gasteiger partial charge in [-0.25, -0.2) is 9.78 Å². The van der Waals surface area contributed by atoms with Crippen LogP contribution in [0.4, 0.5) is 0 Å². The Hall–Kier alpha value is -3.30. The van der Waals surface area contributed by atoms with Crippen molar-refractivity contribution in [3.05, 3.63) is 70.4 Å². The predicted molar refractivity (Wildman–Crippen MR) is 184 cm³/mol. The summed E-state index contributed by atoms with van der Waals surface area (Å²) in [5, 5.41) is 18.1. The van der Waals surface area contributed by atoms with Crippen LogP contribution in [0.1, 0.15) is 76.3 Å². The number of aryl methyl sites for hydroxylation is 2. The second-order valence-electron chi connectivity index (χ2n) is 13.4. The summed E-state index contributed by atoms with van der Waals surface area (Å²) < 4.78 is 9.10. The van der Waals surface area contributed by atoms with E-state index in [1.54, 1.807) is 11.3 Å². The van der Waals surface area contributed by atoms with Crippen molar-refractivity contribution in [2.24, 2.45) is 7.05 Å². The number of likely N-dealkylation sites (tertiary alicyclic amines) is 1. The molecule has 0 radical (unpaired) electrons. The van der Waals surface area contributed by atoms with E-state index < -0.39 is 17.7 Å². The Morgan fingerprint density at radius 3 is 2.36 bits per heavy atom. The molecule has 1 unspecified atom stereocenters. The highest BCUT2D eigenvalue weighted by Crippen LogP contribution is 2.45. The third-order valence-electron chi connectivity index (χ3n) is 8.79. The molecule has 1 fully saturated rings. The van der Waals surface area contributed by atoms with Crippen LogP contribution in [-0.4, -0.2) is 55.5 Å². The molecular formula is C36H41ClN4O3S. The molecule has 1 aliphatic rings. The standard InChI is InChI=1S/C36H41ClN4O3S/c1-20(2)41-16-14-23(15-17-41)31-26-19-24(10-13-28(26)40(7)39-31)34-38-27-18-21(3)29(32(35(42)43)44-36(4,5)6)30(33(27)45-34)22-8-11-25(37)12-9-22/h8-13,18-20,23,32H,14-17H2,1-7H3,(H,42,43). The van der Waals surface area contributed by atoms with Crippen LogP contribution >= 0.6 is 22.9 Å². The molecule has 0 aliphatic carbocycles. The van der Waals surface area contributed by atoms with Crippen molar-refractivity contribution in [1.82, 2.24) is 19.7 Å². The lowest BCUT2D eigenvalue weighted by Gasteiger charge is -2.34. The summed E-state index contributed by atoms with van der Waals surface area (Å²) in [7, 11) is 2.02. The minimum Gasteiger partial charge on any atom is -0.479 e. The van der Waals surface area contributed by atoms with Crippen molar-refractivity contribution < 1.29 is 14.6 Å². The number of hydrogen-bond donors (Lipinski definition) is 1. The maximum atomic E-state index is 12.7. The Morgan fingerprint density at radius 1 is 1.07 bits per heavy atom. The molecule has 3 heterocycles. The fourth-order valence-corrected chi connectivity index (χ4v) is 7.83. The number of fused-ring (bicyclic) bond motifs is 2. The van der Waals surface area contributed by atoms with Gasteiger partial charge in [0.15, 0.2) is 6.10 Å². The number of carboxylic acid groups (broad SMARTS) is 1. The number of thiazole rings is 1. The first kappa shape index (κ1) is 31.7. The molecule has 1 aliphatic heterocycles. The number of benzene rings is 3. The maximum Gasteiger partial charge on any atom is 0.337 e. The average Bonchev–Trinajstić information content (AvgIpc) is 3.56. The predicted octanol–water partition coefficient (Wildman–Crippen LogP) is 9.01. The molecule has 1 N–H and O–H groups in total. The maximum absolute atomic E-state index is 12.7. The number of rotatable bonds is 7. The van der Waals surface area contributed by atoms with Gasteiger partial charge in [-0.3, -0.25) is 4.68 Å².